The second kappa shape index (κ2) is 12.2. The van der Waals surface area contributed by atoms with Crippen molar-refractivity contribution in [2.75, 3.05) is 39.5 Å². The third-order valence-electron chi connectivity index (χ3n) is 3.96. The van der Waals surface area contributed by atoms with Gasteiger partial charge in [-0.3, -0.25) is 4.99 Å². The lowest BCUT2D eigenvalue weighted by Crippen LogP contribution is -2.38. The maximum absolute atomic E-state index is 5.67. The van der Waals surface area contributed by atoms with Crippen molar-refractivity contribution < 1.29 is 9.47 Å². The van der Waals surface area contributed by atoms with E-state index >= 15 is 0 Å². The highest BCUT2D eigenvalue weighted by molar-refractivity contribution is 7.09. The Balaban J connectivity index is 1.58. The third kappa shape index (κ3) is 8.16. The van der Waals surface area contributed by atoms with Gasteiger partial charge >= 0.3 is 0 Å². The normalized spacial score (nSPS) is 17.8. The number of guanidine groups is 1. The first-order chi connectivity index (χ1) is 12.3. The van der Waals surface area contributed by atoms with Gasteiger partial charge in [0.15, 0.2) is 5.96 Å². The van der Waals surface area contributed by atoms with E-state index in [0.29, 0.717) is 6.10 Å². The van der Waals surface area contributed by atoms with Gasteiger partial charge < -0.3 is 20.1 Å². The molecule has 0 bridgehead atoms. The quantitative estimate of drug-likeness (QED) is 0.357. The highest BCUT2D eigenvalue weighted by Crippen LogP contribution is 2.12. The van der Waals surface area contributed by atoms with E-state index in [1.54, 1.807) is 11.3 Å². The van der Waals surface area contributed by atoms with Crippen molar-refractivity contribution >= 4 is 17.3 Å². The summed E-state index contributed by atoms with van der Waals surface area (Å²) in [6, 6.07) is 0. The lowest BCUT2D eigenvalue weighted by atomic mass is 10.2. The van der Waals surface area contributed by atoms with Gasteiger partial charge in [0.25, 0.3) is 0 Å². The molecule has 1 aliphatic heterocycles. The van der Waals surface area contributed by atoms with E-state index in [9.17, 15) is 0 Å². The monoisotopic (exact) mass is 368 g/mol. The van der Waals surface area contributed by atoms with Crippen LogP contribution in [0.5, 0.6) is 0 Å². The second-order valence-corrected chi connectivity index (χ2v) is 7.03. The molecule has 2 N–H and O–H groups in total. The molecule has 0 spiro atoms. The van der Waals surface area contributed by atoms with E-state index in [1.807, 2.05) is 0 Å². The van der Waals surface area contributed by atoms with Crippen LogP contribution in [0.2, 0.25) is 0 Å². The highest BCUT2D eigenvalue weighted by Gasteiger charge is 2.14. The Kier molecular flexibility index (Phi) is 9.84. The number of thiazole rings is 1. The summed E-state index contributed by atoms with van der Waals surface area (Å²) in [6.07, 6.45) is 5.46. The maximum atomic E-state index is 5.67. The van der Waals surface area contributed by atoms with Gasteiger partial charge in [-0.25, -0.2) is 4.98 Å². The van der Waals surface area contributed by atoms with Crippen LogP contribution in [0.3, 0.4) is 0 Å². The predicted molar refractivity (Wildman–Crippen MR) is 104 cm³/mol. The summed E-state index contributed by atoms with van der Waals surface area (Å²) in [7, 11) is 0. The van der Waals surface area contributed by atoms with Crippen molar-refractivity contribution in [3.63, 3.8) is 0 Å². The van der Waals surface area contributed by atoms with Crippen LogP contribution in [0, 0.1) is 0 Å². The highest BCUT2D eigenvalue weighted by atomic mass is 32.1. The molecule has 2 heterocycles. The molecule has 1 aliphatic rings. The van der Waals surface area contributed by atoms with E-state index < -0.39 is 0 Å². The van der Waals surface area contributed by atoms with Gasteiger partial charge in [-0.1, -0.05) is 6.92 Å². The molecule has 0 amide bonds. The predicted octanol–water partition coefficient (Wildman–Crippen LogP) is 2.39. The smallest absolute Gasteiger partial charge is 0.191 e. The summed E-state index contributed by atoms with van der Waals surface area (Å²) in [5, 5.41) is 10.0. The average Bonchev–Trinajstić information content (AvgIpc) is 3.29. The first kappa shape index (κ1) is 20.1. The summed E-state index contributed by atoms with van der Waals surface area (Å²) < 4.78 is 11.2. The van der Waals surface area contributed by atoms with E-state index in [4.69, 9.17) is 9.47 Å². The fourth-order valence-electron chi connectivity index (χ4n) is 2.62. The molecule has 2 rings (SSSR count). The number of nitrogens with one attached hydrogen (secondary N) is 2. The second-order valence-electron chi connectivity index (χ2n) is 6.09. The van der Waals surface area contributed by atoms with E-state index in [0.717, 1.165) is 83.2 Å². The summed E-state index contributed by atoms with van der Waals surface area (Å²) in [5.41, 5.74) is 1.16. The summed E-state index contributed by atoms with van der Waals surface area (Å²) in [6.45, 7) is 9.02. The Hall–Kier alpha value is -1.18. The zero-order valence-corrected chi connectivity index (χ0v) is 16.4. The first-order valence-corrected chi connectivity index (χ1v) is 10.3. The zero-order valence-electron chi connectivity index (χ0n) is 15.6. The third-order valence-corrected chi connectivity index (χ3v) is 5.01. The summed E-state index contributed by atoms with van der Waals surface area (Å²) in [5.74, 6) is 0.868. The number of ether oxygens (including phenoxy) is 2. The van der Waals surface area contributed by atoms with Gasteiger partial charge in [0, 0.05) is 44.6 Å². The largest absolute Gasteiger partial charge is 0.379 e. The zero-order chi connectivity index (χ0) is 17.7. The molecule has 1 aromatic rings. The summed E-state index contributed by atoms with van der Waals surface area (Å²) in [4.78, 5) is 9.19. The SMILES string of the molecule is CCNC(=NCCCOCC1CCCO1)NCCc1csc(CC)n1. The van der Waals surface area contributed by atoms with Crippen molar-refractivity contribution in [3.8, 4) is 0 Å². The Morgan fingerprint density at radius 2 is 2.36 bits per heavy atom. The summed E-state index contributed by atoms with van der Waals surface area (Å²) >= 11 is 1.74. The lowest BCUT2D eigenvalue weighted by molar-refractivity contribution is 0.0171. The van der Waals surface area contributed by atoms with Crippen LogP contribution in [-0.4, -0.2) is 56.5 Å². The molecule has 0 aliphatic carbocycles. The number of aromatic nitrogens is 1. The molecule has 1 saturated heterocycles. The minimum atomic E-state index is 0.307. The fourth-order valence-corrected chi connectivity index (χ4v) is 3.40. The number of aliphatic imine (C=N–C) groups is 1. The molecule has 1 unspecified atom stereocenters. The van der Waals surface area contributed by atoms with Gasteiger partial charge in [-0.05, 0) is 32.6 Å². The van der Waals surface area contributed by atoms with Gasteiger partial charge in [0.1, 0.15) is 0 Å². The van der Waals surface area contributed by atoms with Gasteiger partial charge in [0.05, 0.1) is 23.4 Å². The Labute approximate surface area is 155 Å². The Morgan fingerprint density at radius 3 is 3.08 bits per heavy atom. The van der Waals surface area contributed by atoms with Crippen molar-refractivity contribution in [2.24, 2.45) is 4.99 Å². The minimum Gasteiger partial charge on any atom is -0.379 e. The van der Waals surface area contributed by atoms with Crippen LogP contribution in [0.15, 0.2) is 10.4 Å². The molecule has 7 heteroatoms. The molecule has 1 aromatic heterocycles. The molecule has 142 valence electrons. The molecule has 0 saturated carbocycles. The molecule has 0 aromatic carbocycles. The van der Waals surface area contributed by atoms with Crippen LogP contribution < -0.4 is 10.6 Å². The van der Waals surface area contributed by atoms with Crippen molar-refractivity contribution in [2.45, 2.75) is 52.1 Å². The van der Waals surface area contributed by atoms with Crippen molar-refractivity contribution in [1.82, 2.24) is 15.6 Å². The van der Waals surface area contributed by atoms with E-state index in [-0.39, 0.29) is 0 Å². The van der Waals surface area contributed by atoms with E-state index in [1.165, 1.54) is 5.01 Å². The lowest BCUT2D eigenvalue weighted by Gasteiger charge is -2.11. The Morgan fingerprint density at radius 1 is 1.44 bits per heavy atom. The van der Waals surface area contributed by atoms with Gasteiger partial charge in [-0.15, -0.1) is 11.3 Å². The number of hydrogen-bond acceptors (Lipinski definition) is 5. The molecule has 1 fully saturated rings. The number of hydrogen-bond donors (Lipinski definition) is 2. The number of rotatable bonds is 11. The van der Waals surface area contributed by atoms with Gasteiger partial charge in [-0.2, -0.15) is 0 Å². The van der Waals surface area contributed by atoms with Crippen LogP contribution in [-0.2, 0) is 22.3 Å². The molecule has 0 radical (unpaired) electrons. The number of aryl methyl sites for hydroxylation is 1. The fraction of sp³-hybridized carbons (Fsp3) is 0.778. The van der Waals surface area contributed by atoms with Crippen LogP contribution >= 0.6 is 11.3 Å². The van der Waals surface area contributed by atoms with Crippen molar-refractivity contribution in [3.05, 3.63) is 16.1 Å². The molecule has 1 atom stereocenters. The molecule has 25 heavy (non-hydrogen) atoms. The molecular weight excluding hydrogens is 336 g/mol. The van der Waals surface area contributed by atoms with Gasteiger partial charge in [0.2, 0.25) is 0 Å². The van der Waals surface area contributed by atoms with Crippen LogP contribution in [0.1, 0.15) is 43.8 Å². The van der Waals surface area contributed by atoms with Crippen molar-refractivity contribution in [1.29, 1.82) is 0 Å². The maximum Gasteiger partial charge on any atom is 0.191 e. The first-order valence-electron chi connectivity index (χ1n) is 9.46. The standard InChI is InChI=1S/C18H32N4O2S/c1-3-17-22-15(14-25-17)8-10-21-18(19-4-2)20-9-6-11-23-13-16-7-5-12-24-16/h14,16H,3-13H2,1-2H3,(H2,19,20,21). The number of nitrogens with zero attached hydrogens (tertiary/aromatic N) is 2. The van der Waals surface area contributed by atoms with E-state index in [2.05, 4.69) is 39.8 Å². The minimum absolute atomic E-state index is 0.307. The van der Waals surface area contributed by atoms with Crippen LogP contribution in [0.25, 0.3) is 0 Å². The van der Waals surface area contributed by atoms with Crippen LogP contribution in [0.4, 0.5) is 0 Å². The topological polar surface area (TPSA) is 67.8 Å². The molecule has 6 nitrogen and oxygen atoms in total. The average molecular weight is 369 g/mol. The Bertz CT molecular complexity index is 501. The molecular formula is C18H32N4O2S.